The topological polar surface area (TPSA) is 241 Å². The van der Waals surface area contributed by atoms with Gasteiger partial charge in [-0.05, 0) is 46.1 Å². The van der Waals surface area contributed by atoms with Gasteiger partial charge in [0.15, 0.2) is 6.10 Å². The molecule has 5 unspecified atom stereocenters. The number of hydrogen-bond donors (Lipinski definition) is 8. The third-order valence-electron chi connectivity index (χ3n) is 7.94. The lowest BCUT2D eigenvalue weighted by atomic mass is 9.86. The standard InChI is InChI=1S/C28H45N3O13/c1-13-22(30-3)24(35)17(19(8-32)42-13)10-39-11-21-23(31-4)26(25(36)20(9-33)44-21)43-14(2)27(37)40-12-41-28(38)16-7-15(29)5-6-18(16)34/h5-7,13-14,17,19-26,30-36H,8-12,29H2,1-4H3/t13-,14?,17+,19?,20?,21-,22?,23?,24+,25+,26-/m0/s1. The Hall–Kier alpha value is -2.64. The summed E-state index contributed by atoms with van der Waals surface area (Å²) in [6.45, 7) is 1.50. The highest BCUT2D eigenvalue weighted by molar-refractivity contribution is 5.93. The van der Waals surface area contributed by atoms with Gasteiger partial charge in [-0.25, -0.2) is 9.59 Å². The Kier molecular flexibility index (Phi) is 13.5. The van der Waals surface area contributed by atoms with Gasteiger partial charge in [-0.2, -0.15) is 0 Å². The van der Waals surface area contributed by atoms with Gasteiger partial charge >= 0.3 is 11.9 Å². The molecular formula is C28H45N3O13. The quantitative estimate of drug-likeness (QED) is 0.0457. The van der Waals surface area contributed by atoms with Gasteiger partial charge in [0.25, 0.3) is 0 Å². The van der Waals surface area contributed by atoms with Gasteiger partial charge < -0.3 is 70.3 Å². The van der Waals surface area contributed by atoms with Crippen molar-refractivity contribution in [3.05, 3.63) is 23.8 Å². The SMILES string of the molecule is CNC1[C@H](C)OC(CO)[C@@H](COC[C@@H]2OC(CO)[C@@H](O)[C@@H](OC(C)C(=O)OCOC(=O)c3cc(N)ccc3O)C2NC)[C@H]1O. The number of nitrogens with one attached hydrogen (secondary N) is 2. The summed E-state index contributed by atoms with van der Waals surface area (Å²) in [5.74, 6) is -2.78. The minimum atomic E-state index is -1.35. The number of carbonyl (C=O) groups is 2. The number of esters is 2. The van der Waals surface area contributed by atoms with Crippen LogP contribution in [0, 0.1) is 5.92 Å². The van der Waals surface area contributed by atoms with Crippen LogP contribution in [-0.4, -0.2) is 146 Å². The van der Waals surface area contributed by atoms with Crippen molar-refractivity contribution in [3.63, 3.8) is 0 Å². The molecule has 16 nitrogen and oxygen atoms in total. The zero-order valence-corrected chi connectivity index (χ0v) is 25.2. The second-order valence-corrected chi connectivity index (χ2v) is 10.8. The Bertz CT molecular complexity index is 1080. The average Bonchev–Trinajstić information content (AvgIpc) is 3.00. The molecule has 2 saturated heterocycles. The van der Waals surface area contributed by atoms with E-state index in [1.807, 2.05) is 0 Å². The molecule has 11 atom stereocenters. The molecule has 2 fully saturated rings. The second-order valence-electron chi connectivity index (χ2n) is 10.8. The number of nitrogen functional groups attached to an aromatic ring is 1. The monoisotopic (exact) mass is 631 g/mol. The van der Waals surface area contributed by atoms with Crippen molar-refractivity contribution < 1.29 is 63.5 Å². The second kappa shape index (κ2) is 16.6. The number of aliphatic hydroxyl groups excluding tert-OH is 4. The largest absolute Gasteiger partial charge is 0.507 e. The van der Waals surface area contributed by atoms with Crippen LogP contribution in [0.5, 0.6) is 5.75 Å². The highest BCUT2D eigenvalue weighted by Crippen LogP contribution is 2.28. The van der Waals surface area contributed by atoms with Crippen LogP contribution in [0.25, 0.3) is 0 Å². The number of hydrogen-bond acceptors (Lipinski definition) is 16. The summed E-state index contributed by atoms with van der Waals surface area (Å²) < 4.78 is 33.4. The van der Waals surface area contributed by atoms with Gasteiger partial charge in [0.2, 0.25) is 6.79 Å². The number of carbonyl (C=O) groups excluding carboxylic acids is 2. The Morgan fingerprint density at radius 3 is 2.30 bits per heavy atom. The van der Waals surface area contributed by atoms with Crippen molar-refractivity contribution >= 4 is 17.6 Å². The first kappa shape index (κ1) is 35.8. The van der Waals surface area contributed by atoms with Crippen molar-refractivity contribution in [2.75, 3.05) is 53.0 Å². The zero-order valence-electron chi connectivity index (χ0n) is 25.2. The van der Waals surface area contributed by atoms with E-state index in [4.69, 9.17) is 34.2 Å². The van der Waals surface area contributed by atoms with E-state index < -0.39 is 80.0 Å². The molecule has 0 bridgehead atoms. The number of nitrogens with two attached hydrogens (primary N) is 1. The van der Waals surface area contributed by atoms with Crippen molar-refractivity contribution in [2.45, 2.75) is 74.8 Å². The maximum Gasteiger partial charge on any atom is 0.344 e. The van der Waals surface area contributed by atoms with Crippen molar-refractivity contribution in [1.29, 1.82) is 0 Å². The van der Waals surface area contributed by atoms with E-state index in [9.17, 15) is 35.1 Å². The highest BCUT2D eigenvalue weighted by atomic mass is 16.7. The molecule has 0 aromatic heterocycles. The molecule has 3 rings (SSSR count). The molecule has 0 saturated carbocycles. The molecule has 16 heteroatoms. The summed E-state index contributed by atoms with van der Waals surface area (Å²) in [6.07, 6.45) is -7.35. The minimum Gasteiger partial charge on any atom is -0.507 e. The minimum absolute atomic E-state index is 0.0141. The van der Waals surface area contributed by atoms with E-state index >= 15 is 0 Å². The summed E-state index contributed by atoms with van der Waals surface area (Å²) in [5.41, 5.74) is 5.64. The lowest BCUT2D eigenvalue weighted by Gasteiger charge is -2.45. The van der Waals surface area contributed by atoms with E-state index in [2.05, 4.69) is 10.6 Å². The summed E-state index contributed by atoms with van der Waals surface area (Å²) in [6, 6.07) is 2.74. The average molecular weight is 632 g/mol. The zero-order chi connectivity index (χ0) is 32.6. The Labute approximate surface area is 255 Å². The van der Waals surface area contributed by atoms with Crippen LogP contribution >= 0.6 is 0 Å². The van der Waals surface area contributed by atoms with Gasteiger partial charge in [-0.1, -0.05) is 0 Å². The van der Waals surface area contributed by atoms with Crippen LogP contribution in [-0.2, 0) is 33.2 Å². The number of phenols is 1. The van der Waals surface area contributed by atoms with E-state index in [0.29, 0.717) is 0 Å². The number of benzene rings is 1. The molecule has 0 radical (unpaired) electrons. The van der Waals surface area contributed by atoms with E-state index in [1.165, 1.54) is 25.1 Å². The third-order valence-corrected chi connectivity index (χ3v) is 7.94. The molecule has 250 valence electrons. The van der Waals surface area contributed by atoms with Crippen molar-refractivity contribution in [1.82, 2.24) is 10.6 Å². The number of rotatable bonds is 14. The van der Waals surface area contributed by atoms with Gasteiger partial charge in [-0.15, -0.1) is 0 Å². The molecule has 44 heavy (non-hydrogen) atoms. The lowest BCUT2D eigenvalue weighted by Crippen LogP contribution is -2.65. The Balaban J connectivity index is 1.58. The Morgan fingerprint density at radius 1 is 0.977 bits per heavy atom. The lowest BCUT2D eigenvalue weighted by molar-refractivity contribution is -0.232. The Morgan fingerprint density at radius 2 is 1.66 bits per heavy atom. The molecule has 2 heterocycles. The molecule has 9 N–H and O–H groups in total. The van der Waals surface area contributed by atoms with E-state index in [1.54, 1.807) is 21.0 Å². The number of anilines is 1. The van der Waals surface area contributed by atoms with Crippen molar-refractivity contribution in [2.24, 2.45) is 5.92 Å². The van der Waals surface area contributed by atoms with Crippen LogP contribution in [0.15, 0.2) is 18.2 Å². The number of phenolic OH excluding ortho intramolecular Hbond substituents is 1. The number of ether oxygens (including phenoxy) is 6. The highest BCUT2D eigenvalue weighted by Gasteiger charge is 2.47. The van der Waals surface area contributed by atoms with Gasteiger partial charge in [0.05, 0.1) is 62.9 Å². The smallest absolute Gasteiger partial charge is 0.344 e. The molecule has 0 spiro atoms. The number of aliphatic hydroxyl groups is 4. The summed E-state index contributed by atoms with van der Waals surface area (Å²) in [4.78, 5) is 24.8. The van der Waals surface area contributed by atoms with E-state index in [-0.39, 0.29) is 49.0 Å². The molecule has 2 aliphatic rings. The van der Waals surface area contributed by atoms with Gasteiger partial charge in [0, 0.05) is 11.6 Å². The molecule has 1 aromatic carbocycles. The number of aromatic hydroxyl groups is 1. The summed E-state index contributed by atoms with van der Waals surface area (Å²) >= 11 is 0. The molecule has 2 aliphatic heterocycles. The molecule has 1 aromatic rings. The first-order valence-corrected chi connectivity index (χ1v) is 14.4. The van der Waals surface area contributed by atoms with Crippen LogP contribution in [0.3, 0.4) is 0 Å². The predicted molar refractivity (Wildman–Crippen MR) is 152 cm³/mol. The van der Waals surface area contributed by atoms with Gasteiger partial charge in [0.1, 0.15) is 29.6 Å². The normalized spacial score (nSPS) is 33.0. The third kappa shape index (κ3) is 8.54. The van der Waals surface area contributed by atoms with Crippen molar-refractivity contribution in [3.8, 4) is 5.75 Å². The maximum atomic E-state index is 12.6. The van der Waals surface area contributed by atoms with E-state index in [0.717, 1.165) is 0 Å². The predicted octanol–water partition coefficient (Wildman–Crippen LogP) is -2.52. The van der Waals surface area contributed by atoms with Gasteiger partial charge in [-0.3, -0.25) is 0 Å². The summed E-state index contributed by atoms with van der Waals surface area (Å²) in [5, 5.41) is 57.3. The molecular weight excluding hydrogens is 586 g/mol. The first-order valence-electron chi connectivity index (χ1n) is 14.4. The van der Waals surface area contributed by atoms with Crippen LogP contribution < -0.4 is 16.4 Å². The molecule has 0 amide bonds. The molecule has 0 aliphatic carbocycles. The first-order chi connectivity index (χ1) is 21.0. The fraction of sp³-hybridized carbons (Fsp3) is 0.714. The summed E-state index contributed by atoms with van der Waals surface area (Å²) in [7, 11) is 3.30. The van der Waals surface area contributed by atoms with Crippen LogP contribution in [0.4, 0.5) is 5.69 Å². The van der Waals surface area contributed by atoms with Crippen LogP contribution in [0.1, 0.15) is 24.2 Å². The fourth-order valence-electron chi connectivity index (χ4n) is 5.51. The maximum absolute atomic E-state index is 12.6. The fourth-order valence-corrected chi connectivity index (χ4v) is 5.51. The van der Waals surface area contributed by atoms with Crippen LogP contribution in [0.2, 0.25) is 0 Å². The number of likely N-dealkylation sites (N-methyl/N-ethyl adjacent to an activating group) is 2.